The van der Waals surface area contributed by atoms with Gasteiger partial charge in [-0.3, -0.25) is 9.69 Å². The van der Waals surface area contributed by atoms with Gasteiger partial charge in [0.25, 0.3) is 5.91 Å². The van der Waals surface area contributed by atoms with E-state index in [9.17, 15) is 9.18 Å². The van der Waals surface area contributed by atoms with Crippen molar-refractivity contribution in [3.8, 4) is 5.75 Å². The largest absolute Gasteiger partial charge is 0.481 e. The van der Waals surface area contributed by atoms with Crippen LogP contribution in [0.4, 0.5) is 4.39 Å². The van der Waals surface area contributed by atoms with E-state index in [2.05, 4.69) is 26.1 Å². The van der Waals surface area contributed by atoms with Gasteiger partial charge in [-0.25, -0.2) is 4.39 Å². The molecule has 1 aliphatic heterocycles. The van der Waals surface area contributed by atoms with E-state index < -0.39 is 5.82 Å². The number of ether oxygens (including phenoxy) is 2. The molecule has 2 unspecified atom stereocenters. The van der Waals surface area contributed by atoms with Crippen molar-refractivity contribution in [1.82, 2.24) is 10.2 Å². The second-order valence-electron chi connectivity index (χ2n) is 5.73. The first-order valence-corrected chi connectivity index (χ1v) is 8.45. The van der Waals surface area contributed by atoms with Gasteiger partial charge in [0, 0.05) is 30.7 Å². The van der Waals surface area contributed by atoms with Crippen molar-refractivity contribution in [1.29, 1.82) is 0 Å². The van der Waals surface area contributed by atoms with Crippen LogP contribution in [0.1, 0.15) is 13.8 Å². The molecule has 0 saturated carbocycles. The average Bonchev–Trinajstić information content (AvgIpc) is 2.45. The van der Waals surface area contributed by atoms with Crippen LogP contribution in [0.25, 0.3) is 0 Å². The molecule has 1 saturated heterocycles. The molecular weight excluding hydrogens is 367 g/mol. The number of benzene rings is 1. The van der Waals surface area contributed by atoms with E-state index in [1.807, 2.05) is 13.8 Å². The topological polar surface area (TPSA) is 50.8 Å². The fourth-order valence-electron chi connectivity index (χ4n) is 2.61. The van der Waals surface area contributed by atoms with Gasteiger partial charge in [-0.1, -0.05) is 15.9 Å². The van der Waals surface area contributed by atoms with Gasteiger partial charge < -0.3 is 14.8 Å². The molecule has 1 aliphatic rings. The Kier molecular flexibility index (Phi) is 6.80. The molecule has 0 aliphatic carbocycles. The molecule has 2 atom stereocenters. The van der Waals surface area contributed by atoms with E-state index in [1.54, 1.807) is 6.07 Å². The van der Waals surface area contributed by atoms with E-state index in [-0.39, 0.29) is 30.5 Å². The predicted molar refractivity (Wildman–Crippen MR) is 89.1 cm³/mol. The van der Waals surface area contributed by atoms with Gasteiger partial charge in [0.1, 0.15) is 0 Å². The highest BCUT2D eigenvalue weighted by molar-refractivity contribution is 9.10. The first-order valence-electron chi connectivity index (χ1n) is 7.66. The highest BCUT2D eigenvalue weighted by Gasteiger charge is 2.21. The van der Waals surface area contributed by atoms with E-state index >= 15 is 0 Å². The number of halogens is 2. The van der Waals surface area contributed by atoms with Gasteiger partial charge in [-0.15, -0.1) is 0 Å². The summed E-state index contributed by atoms with van der Waals surface area (Å²) in [6.45, 7) is 6.90. The number of morpholine rings is 1. The Morgan fingerprint density at radius 1 is 1.43 bits per heavy atom. The lowest BCUT2D eigenvalue weighted by atomic mass is 10.2. The minimum absolute atomic E-state index is 0.0687. The first-order chi connectivity index (χ1) is 10.9. The van der Waals surface area contributed by atoms with Crippen molar-refractivity contribution in [2.45, 2.75) is 26.1 Å². The van der Waals surface area contributed by atoms with Crippen LogP contribution in [0.15, 0.2) is 22.7 Å². The number of carbonyl (C=O) groups is 1. The standard InChI is InChI=1S/C16H22BrFN2O3/c1-11-8-20(9-12(2)23-11)6-5-19-16(21)10-22-15-4-3-13(17)7-14(15)18/h3-4,7,11-12H,5-6,8-10H2,1-2H3,(H,19,21). The summed E-state index contributed by atoms with van der Waals surface area (Å²) in [4.78, 5) is 14.0. The van der Waals surface area contributed by atoms with Crippen LogP contribution in [0.3, 0.4) is 0 Å². The summed E-state index contributed by atoms with van der Waals surface area (Å²) in [6.07, 6.45) is 0.413. The summed E-state index contributed by atoms with van der Waals surface area (Å²) in [5.74, 6) is -0.690. The molecule has 2 rings (SSSR count). The maximum absolute atomic E-state index is 13.6. The van der Waals surface area contributed by atoms with Gasteiger partial charge in [-0.2, -0.15) is 0 Å². The highest BCUT2D eigenvalue weighted by Crippen LogP contribution is 2.21. The third kappa shape index (κ3) is 6.08. The summed E-state index contributed by atoms with van der Waals surface area (Å²) in [5, 5.41) is 2.78. The Hall–Kier alpha value is -1.18. The van der Waals surface area contributed by atoms with Crippen LogP contribution in [0.2, 0.25) is 0 Å². The third-order valence-corrected chi connectivity index (χ3v) is 3.99. The number of amides is 1. The molecular formula is C16H22BrFN2O3. The molecule has 1 fully saturated rings. The molecule has 0 radical (unpaired) electrons. The zero-order valence-electron chi connectivity index (χ0n) is 13.4. The number of nitrogens with one attached hydrogen (secondary N) is 1. The average molecular weight is 389 g/mol. The zero-order chi connectivity index (χ0) is 16.8. The third-order valence-electron chi connectivity index (χ3n) is 3.50. The number of hydrogen-bond donors (Lipinski definition) is 1. The van der Waals surface area contributed by atoms with Gasteiger partial charge >= 0.3 is 0 Å². The van der Waals surface area contributed by atoms with Crippen LogP contribution in [0.5, 0.6) is 5.75 Å². The number of carbonyl (C=O) groups excluding carboxylic acids is 1. The smallest absolute Gasteiger partial charge is 0.257 e. The molecule has 1 aromatic rings. The van der Waals surface area contributed by atoms with Crippen LogP contribution < -0.4 is 10.1 Å². The molecule has 0 aromatic heterocycles. The first kappa shape index (κ1) is 18.2. The van der Waals surface area contributed by atoms with Crippen molar-refractivity contribution < 1.29 is 18.7 Å². The number of rotatable bonds is 6. The van der Waals surface area contributed by atoms with E-state index in [0.29, 0.717) is 11.0 Å². The second-order valence-corrected chi connectivity index (χ2v) is 6.65. The lowest BCUT2D eigenvalue weighted by molar-refractivity contribution is -0.123. The Labute approximate surface area is 144 Å². The van der Waals surface area contributed by atoms with Gasteiger partial charge in [0.2, 0.25) is 0 Å². The molecule has 1 heterocycles. The molecule has 5 nitrogen and oxygen atoms in total. The summed E-state index contributed by atoms with van der Waals surface area (Å²) in [6, 6.07) is 4.45. The zero-order valence-corrected chi connectivity index (χ0v) is 14.9. The van der Waals surface area contributed by atoms with Crippen molar-refractivity contribution in [3.63, 3.8) is 0 Å². The van der Waals surface area contributed by atoms with Crippen LogP contribution in [-0.2, 0) is 9.53 Å². The fourth-order valence-corrected chi connectivity index (χ4v) is 2.94. The van der Waals surface area contributed by atoms with E-state index in [4.69, 9.17) is 9.47 Å². The predicted octanol–water partition coefficient (Wildman–Crippen LogP) is 2.19. The van der Waals surface area contributed by atoms with Crippen LogP contribution >= 0.6 is 15.9 Å². The van der Waals surface area contributed by atoms with E-state index in [0.717, 1.165) is 19.6 Å². The van der Waals surface area contributed by atoms with Crippen molar-refractivity contribution >= 4 is 21.8 Å². The van der Waals surface area contributed by atoms with Crippen LogP contribution in [0, 0.1) is 5.82 Å². The quantitative estimate of drug-likeness (QED) is 0.811. The fraction of sp³-hybridized carbons (Fsp3) is 0.562. The van der Waals surface area contributed by atoms with Crippen molar-refractivity contribution in [2.75, 3.05) is 32.8 Å². The molecule has 23 heavy (non-hydrogen) atoms. The maximum Gasteiger partial charge on any atom is 0.257 e. The minimum Gasteiger partial charge on any atom is -0.481 e. The normalized spacial score (nSPS) is 21.9. The van der Waals surface area contributed by atoms with Crippen molar-refractivity contribution in [3.05, 3.63) is 28.5 Å². The number of hydrogen-bond acceptors (Lipinski definition) is 4. The van der Waals surface area contributed by atoms with Gasteiger partial charge in [0.15, 0.2) is 18.2 Å². The molecule has 0 bridgehead atoms. The maximum atomic E-state index is 13.6. The molecule has 1 aromatic carbocycles. The van der Waals surface area contributed by atoms with E-state index in [1.165, 1.54) is 12.1 Å². The summed E-state index contributed by atoms with van der Waals surface area (Å²) in [7, 11) is 0. The summed E-state index contributed by atoms with van der Waals surface area (Å²) >= 11 is 3.17. The molecule has 1 N–H and O–H groups in total. The van der Waals surface area contributed by atoms with Crippen molar-refractivity contribution in [2.24, 2.45) is 0 Å². The Balaban J connectivity index is 1.67. The highest BCUT2D eigenvalue weighted by atomic mass is 79.9. The molecule has 128 valence electrons. The lowest BCUT2D eigenvalue weighted by Crippen LogP contribution is -2.48. The van der Waals surface area contributed by atoms with Crippen LogP contribution in [-0.4, -0.2) is 55.8 Å². The molecule has 7 heteroatoms. The SMILES string of the molecule is CC1CN(CCNC(=O)COc2ccc(Br)cc2F)CC(C)O1. The summed E-state index contributed by atoms with van der Waals surface area (Å²) < 4.78 is 25.0. The summed E-state index contributed by atoms with van der Waals surface area (Å²) in [5.41, 5.74) is 0. The second kappa shape index (κ2) is 8.61. The Morgan fingerprint density at radius 3 is 2.78 bits per heavy atom. The lowest BCUT2D eigenvalue weighted by Gasteiger charge is -2.35. The molecule has 0 spiro atoms. The van der Waals surface area contributed by atoms with Gasteiger partial charge in [0.05, 0.1) is 12.2 Å². The monoisotopic (exact) mass is 388 g/mol. The molecule has 1 amide bonds. The Bertz CT molecular complexity index is 534. The minimum atomic E-state index is -0.497. The van der Waals surface area contributed by atoms with Gasteiger partial charge in [-0.05, 0) is 32.0 Å². The number of nitrogens with zero attached hydrogens (tertiary/aromatic N) is 1. The Morgan fingerprint density at radius 2 is 2.13 bits per heavy atom.